The standard InChI is InChI=1S/2C24H52N.C18H37BO3/c2*1-5-9-13-17-21-25(22-18-14-10-6-2,23-19-15-11-7-3)24-20-16-12-8-4;1-5-9-13-17(14-10-6-2)18(15-11-7-3,16-12-8-4)22-19(20)21/h2*5-24H2,1-4H3;17H,5-16H2,1-4H3/q2*+1;-2. The Labute approximate surface area is 458 Å². The Balaban J connectivity index is -0.000000994. The first-order valence-corrected chi connectivity index (χ1v) is 33.7. The van der Waals surface area contributed by atoms with Crippen molar-refractivity contribution >= 4 is 7.32 Å². The van der Waals surface area contributed by atoms with Gasteiger partial charge in [0.25, 0.3) is 0 Å². The molecule has 0 bridgehead atoms. The quantitative estimate of drug-likeness (QED) is 0.0347. The molecule has 0 aliphatic carbocycles. The summed E-state index contributed by atoms with van der Waals surface area (Å²) in [7, 11) is -2.15. The van der Waals surface area contributed by atoms with Crippen LogP contribution >= 0.6 is 0 Å². The van der Waals surface area contributed by atoms with Gasteiger partial charge in [-0.2, -0.15) is 0 Å². The van der Waals surface area contributed by atoms with Gasteiger partial charge in [-0.3, -0.25) is 0 Å². The monoisotopic (exact) mass is 1020 g/mol. The molecule has 0 aliphatic rings. The van der Waals surface area contributed by atoms with E-state index in [0.717, 1.165) is 77.0 Å². The first-order valence-electron chi connectivity index (χ1n) is 33.7. The summed E-state index contributed by atoms with van der Waals surface area (Å²) in [6.07, 6.45) is 58.4. The molecule has 0 unspecified atom stereocenters. The average molecular weight is 1020 g/mol. The van der Waals surface area contributed by atoms with Crippen molar-refractivity contribution in [3.63, 3.8) is 0 Å². The average Bonchev–Trinajstić information content (AvgIpc) is 3.38. The highest BCUT2D eigenvalue weighted by Gasteiger charge is 2.36. The predicted molar refractivity (Wildman–Crippen MR) is 324 cm³/mol. The SMILES string of the molecule is CCCCC(CCCC)C(CCCC)(CCCC)OB([O-])[O-].CCCCCC[N+](CCCCCC)(CCCCCC)CCCCCC.CCCCCC[N+](CCCCCC)(CCCCCC)CCCCCC. The van der Waals surface area contributed by atoms with Crippen LogP contribution in [0.1, 0.15) is 366 Å². The van der Waals surface area contributed by atoms with E-state index in [4.69, 9.17) is 4.65 Å². The smallest absolute Gasteiger partial charge is 0.0786 e. The Morgan fingerprint density at radius 3 is 0.639 bits per heavy atom. The van der Waals surface area contributed by atoms with Gasteiger partial charge < -0.3 is 23.7 Å². The summed E-state index contributed by atoms with van der Waals surface area (Å²) in [5, 5.41) is 22.7. The normalized spacial score (nSPS) is 12.0. The van der Waals surface area contributed by atoms with Crippen LogP contribution in [-0.2, 0) is 4.65 Å². The molecule has 0 aromatic carbocycles. The molecular weight excluding hydrogens is 880 g/mol. The van der Waals surface area contributed by atoms with E-state index in [2.05, 4.69) is 83.1 Å². The lowest BCUT2D eigenvalue weighted by Gasteiger charge is -2.48. The van der Waals surface area contributed by atoms with E-state index in [1.165, 1.54) is 267 Å². The number of hydrogen-bond acceptors (Lipinski definition) is 3. The van der Waals surface area contributed by atoms with Crippen molar-refractivity contribution in [2.75, 3.05) is 52.4 Å². The van der Waals surface area contributed by atoms with Crippen molar-refractivity contribution in [3.8, 4) is 0 Å². The Kier molecular flexibility index (Phi) is 61.9. The molecule has 0 rings (SSSR count). The molecule has 0 saturated carbocycles. The Morgan fingerprint density at radius 1 is 0.278 bits per heavy atom. The lowest BCUT2D eigenvalue weighted by Crippen LogP contribution is -2.56. The summed E-state index contributed by atoms with van der Waals surface area (Å²) in [6.45, 7) is 39.1. The third-order valence-corrected chi connectivity index (χ3v) is 16.7. The summed E-state index contributed by atoms with van der Waals surface area (Å²) in [5.74, 6) is 0.357. The van der Waals surface area contributed by atoms with Gasteiger partial charge in [0.15, 0.2) is 0 Å². The minimum absolute atomic E-state index is 0.357. The Bertz CT molecular complexity index is 821. The molecule has 0 atom stereocenters. The van der Waals surface area contributed by atoms with E-state index >= 15 is 0 Å². The molecule has 0 amide bonds. The van der Waals surface area contributed by atoms with Crippen LogP contribution in [0.15, 0.2) is 0 Å². The van der Waals surface area contributed by atoms with Gasteiger partial charge in [-0.15, -0.1) is 0 Å². The van der Waals surface area contributed by atoms with Crippen LogP contribution in [0.25, 0.3) is 0 Å². The lowest BCUT2D eigenvalue weighted by molar-refractivity contribution is -0.929. The second kappa shape index (κ2) is 58.5. The molecule has 0 aliphatic heterocycles. The second-order valence-electron chi connectivity index (χ2n) is 23.6. The van der Waals surface area contributed by atoms with Gasteiger partial charge in [-0.25, -0.2) is 0 Å². The van der Waals surface area contributed by atoms with E-state index in [9.17, 15) is 10.0 Å². The maximum atomic E-state index is 11.3. The number of nitrogens with zero attached hydrogens (tertiary/aromatic N) is 2. The molecule has 0 heterocycles. The van der Waals surface area contributed by atoms with Crippen LogP contribution in [0, 0.1) is 5.92 Å². The van der Waals surface area contributed by atoms with Gasteiger partial charge in [0, 0.05) is 5.60 Å². The first kappa shape index (κ1) is 76.1. The fraction of sp³-hybridized carbons (Fsp3) is 1.00. The van der Waals surface area contributed by atoms with E-state index in [1.807, 2.05) is 0 Å². The lowest BCUT2D eigenvalue weighted by atomic mass is 9.73. The van der Waals surface area contributed by atoms with E-state index in [-0.39, 0.29) is 0 Å². The summed E-state index contributed by atoms with van der Waals surface area (Å²) >= 11 is 0. The Hall–Kier alpha value is -0.135. The molecule has 0 radical (unpaired) electrons. The van der Waals surface area contributed by atoms with Gasteiger partial charge in [0.1, 0.15) is 0 Å². The molecule has 0 fully saturated rings. The van der Waals surface area contributed by atoms with Crippen LogP contribution < -0.4 is 10.0 Å². The summed E-state index contributed by atoms with van der Waals surface area (Å²) in [4.78, 5) is 0. The minimum atomic E-state index is -2.15. The zero-order chi connectivity index (χ0) is 54.1. The summed E-state index contributed by atoms with van der Waals surface area (Å²) in [5.41, 5.74) is -0.482. The molecule has 0 spiro atoms. The van der Waals surface area contributed by atoms with Gasteiger partial charge in [-0.05, 0) is 134 Å². The van der Waals surface area contributed by atoms with Gasteiger partial charge in [-0.1, -0.05) is 237 Å². The highest BCUT2D eigenvalue weighted by Crippen LogP contribution is 2.39. The Morgan fingerprint density at radius 2 is 0.472 bits per heavy atom. The van der Waals surface area contributed by atoms with Crippen molar-refractivity contribution in [1.29, 1.82) is 0 Å². The zero-order valence-corrected chi connectivity index (χ0v) is 52.5. The molecule has 0 aromatic heterocycles. The molecule has 72 heavy (non-hydrogen) atoms. The third kappa shape index (κ3) is 46.0. The predicted octanol–water partition coefficient (Wildman–Crippen LogP) is 20.1. The molecule has 0 saturated heterocycles. The maximum absolute atomic E-state index is 11.3. The topological polar surface area (TPSA) is 55.3 Å². The molecule has 0 aromatic rings. The van der Waals surface area contributed by atoms with E-state index in [1.54, 1.807) is 0 Å². The third-order valence-electron chi connectivity index (χ3n) is 16.7. The number of quaternary nitrogens is 2. The highest BCUT2D eigenvalue weighted by molar-refractivity contribution is 6.28. The number of rotatable bonds is 55. The summed E-state index contributed by atoms with van der Waals surface area (Å²) in [6, 6.07) is 0. The maximum Gasteiger partial charge on any atom is 0.0786 e. The molecule has 436 valence electrons. The van der Waals surface area contributed by atoms with Crippen molar-refractivity contribution in [2.45, 2.75) is 371 Å². The van der Waals surface area contributed by atoms with E-state index < -0.39 is 12.9 Å². The van der Waals surface area contributed by atoms with Crippen molar-refractivity contribution < 1.29 is 23.7 Å². The molecule has 6 heteroatoms. The van der Waals surface area contributed by atoms with Crippen molar-refractivity contribution in [2.24, 2.45) is 5.92 Å². The zero-order valence-electron chi connectivity index (χ0n) is 52.5. The minimum Gasteiger partial charge on any atom is -0.871 e. The highest BCUT2D eigenvalue weighted by atomic mass is 16.6. The largest absolute Gasteiger partial charge is 0.871 e. The van der Waals surface area contributed by atoms with Crippen LogP contribution in [0.2, 0.25) is 0 Å². The van der Waals surface area contributed by atoms with Crippen LogP contribution in [0.5, 0.6) is 0 Å². The number of hydrogen-bond donors (Lipinski definition) is 0. The summed E-state index contributed by atoms with van der Waals surface area (Å²) < 4.78 is 8.51. The van der Waals surface area contributed by atoms with Gasteiger partial charge >= 0.3 is 0 Å². The van der Waals surface area contributed by atoms with Gasteiger partial charge in [0.2, 0.25) is 0 Å². The second-order valence-corrected chi connectivity index (χ2v) is 23.6. The first-order chi connectivity index (χ1) is 35.0. The van der Waals surface area contributed by atoms with Crippen molar-refractivity contribution in [3.05, 3.63) is 0 Å². The molecule has 0 N–H and O–H groups in total. The van der Waals surface area contributed by atoms with Crippen LogP contribution in [0.3, 0.4) is 0 Å². The molecular formula is C66H141BN2O3. The van der Waals surface area contributed by atoms with Crippen LogP contribution in [-0.4, -0.2) is 74.2 Å². The fourth-order valence-electron chi connectivity index (χ4n) is 11.8. The van der Waals surface area contributed by atoms with E-state index in [0.29, 0.717) is 5.92 Å². The van der Waals surface area contributed by atoms with Crippen LogP contribution in [0.4, 0.5) is 0 Å². The van der Waals surface area contributed by atoms with Crippen molar-refractivity contribution in [1.82, 2.24) is 0 Å². The molecule has 5 nitrogen and oxygen atoms in total. The number of unbranched alkanes of at least 4 members (excludes halogenated alkanes) is 28. The van der Waals surface area contributed by atoms with Gasteiger partial charge in [0.05, 0.1) is 59.7 Å². The fourth-order valence-corrected chi connectivity index (χ4v) is 11.8.